The second-order valence-corrected chi connectivity index (χ2v) is 5.33. The first-order valence-electron chi connectivity index (χ1n) is 6.18. The lowest BCUT2D eigenvalue weighted by atomic mass is 10.0. The number of carbonyl (C=O) groups is 1. The molecular weight excluding hydrogens is 330 g/mol. The van der Waals surface area contributed by atoms with Crippen LogP contribution in [0.2, 0.25) is 0 Å². The van der Waals surface area contributed by atoms with Crippen molar-refractivity contribution in [2.24, 2.45) is 0 Å². The number of aromatic nitrogens is 1. The van der Waals surface area contributed by atoms with Crippen molar-refractivity contribution in [3.63, 3.8) is 0 Å². The molecular formula is C12H14BrN3O4. The molecule has 2 heterocycles. The predicted octanol–water partition coefficient (Wildman–Crippen LogP) is 2.28. The third-order valence-corrected chi connectivity index (χ3v) is 3.89. The highest BCUT2D eigenvalue weighted by molar-refractivity contribution is 9.10. The number of piperidine rings is 1. The summed E-state index contributed by atoms with van der Waals surface area (Å²) in [7, 11) is 1.32. The average molecular weight is 344 g/mol. The van der Waals surface area contributed by atoms with Gasteiger partial charge in [-0.15, -0.1) is 0 Å². The Labute approximate surface area is 124 Å². The van der Waals surface area contributed by atoms with E-state index in [-0.39, 0.29) is 11.7 Å². The zero-order chi connectivity index (χ0) is 14.7. The number of ether oxygens (including phenoxy) is 1. The average Bonchev–Trinajstić information content (AvgIpc) is 2.46. The number of pyridine rings is 1. The molecule has 1 aromatic heterocycles. The Morgan fingerprint density at radius 3 is 2.95 bits per heavy atom. The van der Waals surface area contributed by atoms with Crippen LogP contribution in [-0.4, -0.2) is 35.6 Å². The van der Waals surface area contributed by atoms with Crippen LogP contribution in [0.4, 0.5) is 11.4 Å². The standard InChI is InChI=1S/C12H14BrN3O4/c1-20-12(17)9-4-2-3-5-15(9)11-8(13)6-14-7-10(11)16(18)19/h6-7,9H,2-5H2,1H3. The number of hydrogen-bond donors (Lipinski definition) is 0. The van der Waals surface area contributed by atoms with E-state index in [4.69, 9.17) is 4.74 Å². The summed E-state index contributed by atoms with van der Waals surface area (Å²) in [4.78, 5) is 28.1. The first kappa shape index (κ1) is 14.7. The Hall–Kier alpha value is -1.70. The molecule has 8 heteroatoms. The van der Waals surface area contributed by atoms with Crippen LogP contribution in [0.15, 0.2) is 16.9 Å². The summed E-state index contributed by atoms with van der Waals surface area (Å²) in [6, 6.07) is -0.494. The number of hydrogen-bond acceptors (Lipinski definition) is 6. The van der Waals surface area contributed by atoms with Crippen LogP contribution in [0.25, 0.3) is 0 Å². The van der Waals surface area contributed by atoms with Crippen molar-refractivity contribution in [3.8, 4) is 0 Å². The molecule has 20 heavy (non-hydrogen) atoms. The summed E-state index contributed by atoms with van der Waals surface area (Å²) >= 11 is 3.29. The lowest BCUT2D eigenvalue weighted by molar-refractivity contribution is -0.384. The minimum absolute atomic E-state index is 0.116. The van der Waals surface area contributed by atoms with Gasteiger partial charge in [-0.25, -0.2) is 4.79 Å². The lowest BCUT2D eigenvalue weighted by Gasteiger charge is -2.35. The Morgan fingerprint density at radius 2 is 2.30 bits per heavy atom. The van der Waals surface area contributed by atoms with E-state index in [1.165, 1.54) is 19.5 Å². The highest BCUT2D eigenvalue weighted by Gasteiger charge is 2.34. The molecule has 7 nitrogen and oxygen atoms in total. The summed E-state index contributed by atoms with van der Waals surface area (Å²) in [5.41, 5.74) is 0.273. The number of rotatable bonds is 3. The SMILES string of the molecule is COC(=O)C1CCCCN1c1c(Br)cncc1[N+](=O)[O-]. The van der Waals surface area contributed by atoms with Gasteiger partial charge in [-0.2, -0.15) is 0 Å². The van der Waals surface area contributed by atoms with E-state index in [0.717, 1.165) is 12.8 Å². The third kappa shape index (κ3) is 2.74. The van der Waals surface area contributed by atoms with E-state index in [2.05, 4.69) is 20.9 Å². The number of nitrogens with zero attached hydrogens (tertiary/aromatic N) is 3. The molecule has 0 aromatic carbocycles. The summed E-state index contributed by atoms with van der Waals surface area (Å²) in [6.45, 7) is 0.573. The zero-order valence-corrected chi connectivity index (χ0v) is 12.5. The van der Waals surface area contributed by atoms with Crippen LogP contribution >= 0.6 is 15.9 Å². The van der Waals surface area contributed by atoms with Gasteiger partial charge in [-0.1, -0.05) is 0 Å². The first-order valence-corrected chi connectivity index (χ1v) is 6.98. The summed E-state index contributed by atoms with van der Waals surface area (Å²) in [5.74, 6) is -0.372. The van der Waals surface area contributed by atoms with Crippen LogP contribution in [-0.2, 0) is 9.53 Å². The van der Waals surface area contributed by atoms with Gasteiger partial charge in [0, 0.05) is 12.7 Å². The molecule has 1 atom stereocenters. The molecule has 1 aliphatic rings. The minimum atomic E-state index is -0.494. The molecule has 1 aliphatic heterocycles. The molecule has 1 fully saturated rings. The van der Waals surface area contributed by atoms with E-state index in [1.807, 2.05) is 0 Å². The van der Waals surface area contributed by atoms with E-state index >= 15 is 0 Å². The normalized spacial score (nSPS) is 18.7. The molecule has 108 valence electrons. The fourth-order valence-corrected chi connectivity index (χ4v) is 2.97. The smallest absolute Gasteiger partial charge is 0.328 e. The monoisotopic (exact) mass is 343 g/mol. The Balaban J connectivity index is 2.47. The van der Waals surface area contributed by atoms with Crippen LogP contribution in [0.3, 0.4) is 0 Å². The number of anilines is 1. The Kier molecular flexibility index (Phi) is 4.53. The highest BCUT2D eigenvalue weighted by Crippen LogP contribution is 2.38. The van der Waals surface area contributed by atoms with Crippen molar-refractivity contribution >= 4 is 33.3 Å². The molecule has 1 saturated heterocycles. The maximum atomic E-state index is 11.9. The highest BCUT2D eigenvalue weighted by atomic mass is 79.9. The van der Waals surface area contributed by atoms with E-state index in [9.17, 15) is 14.9 Å². The Morgan fingerprint density at radius 1 is 1.55 bits per heavy atom. The summed E-state index contributed by atoms with van der Waals surface area (Å²) in [5, 5.41) is 11.2. The zero-order valence-electron chi connectivity index (χ0n) is 10.9. The van der Waals surface area contributed by atoms with Crippen molar-refractivity contribution in [3.05, 3.63) is 27.0 Å². The van der Waals surface area contributed by atoms with Gasteiger partial charge in [0.25, 0.3) is 0 Å². The maximum Gasteiger partial charge on any atom is 0.328 e. The van der Waals surface area contributed by atoms with Gasteiger partial charge in [0.2, 0.25) is 0 Å². The van der Waals surface area contributed by atoms with Crippen molar-refractivity contribution in [2.75, 3.05) is 18.6 Å². The third-order valence-electron chi connectivity index (χ3n) is 3.31. The second kappa shape index (κ2) is 6.17. The van der Waals surface area contributed by atoms with Gasteiger partial charge < -0.3 is 9.64 Å². The van der Waals surface area contributed by atoms with Crippen LogP contribution < -0.4 is 4.90 Å². The number of nitro groups is 1. The molecule has 0 bridgehead atoms. The summed E-state index contributed by atoms with van der Waals surface area (Å²) in [6.07, 6.45) is 5.08. The molecule has 0 spiro atoms. The van der Waals surface area contributed by atoms with Crippen molar-refractivity contribution in [2.45, 2.75) is 25.3 Å². The number of halogens is 1. The van der Waals surface area contributed by atoms with Gasteiger partial charge in [-0.05, 0) is 35.2 Å². The van der Waals surface area contributed by atoms with Crippen LogP contribution in [0, 0.1) is 10.1 Å². The van der Waals surface area contributed by atoms with E-state index in [1.54, 1.807) is 4.90 Å². The molecule has 0 amide bonds. The number of methoxy groups -OCH3 is 1. The maximum absolute atomic E-state index is 11.9. The molecule has 1 aromatic rings. The van der Waals surface area contributed by atoms with Crippen molar-refractivity contribution < 1.29 is 14.5 Å². The van der Waals surface area contributed by atoms with Gasteiger partial charge in [0.1, 0.15) is 17.9 Å². The fraction of sp³-hybridized carbons (Fsp3) is 0.500. The number of esters is 1. The topological polar surface area (TPSA) is 85.6 Å². The van der Waals surface area contributed by atoms with Gasteiger partial charge in [-0.3, -0.25) is 15.1 Å². The molecule has 2 rings (SSSR count). The Bertz CT molecular complexity index is 537. The quantitative estimate of drug-likeness (QED) is 0.475. The van der Waals surface area contributed by atoms with Gasteiger partial charge >= 0.3 is 11.7 Å². The minimum Gasteiger partial charge on any atom is -0.467 e. The van der Waals surface area contributed by atoms with Crippen LogP contribution in [0.1, 0.15) is 19.3 Å². The van der Waals surface area contributed by atoms with Crippen molar-refractivity contribution in [1.29, 1.82) is 0 Å². The molecule has 0 radical (unpaired) electrons. The lowest BCUT2D eigenvalue weighted by Crippen LogP contribution is -2.45. The molecule has 0 saturated carbocycles. The molecule has 0 aliphatic carbocycles. The molecule has 1 unspecified atom stereocenters. The second-order valence-electron chi connectivity index (χ2n) is 4.47. The fourth-order valence-electron chi connectivity index (χ4n) is 2.42. The van der Waals surface area contributed by atoms with Gasteiger partial charge in [0.15, 0.2) is 0 Å². The van der Waals surface area contributed by atoms with E-state index < -0.39 is 11.0 Å². The molecule has 0 N–H and O–H groups in total. The summed E-state index contributed by atoms with van der Waals surface area (Å²) < 4.78 is 5.30. The largest absolute Gasteiger partial charge is 0.467 e. The van der Waals surface area contributed by atoms with Gasteiger partial charge in [0.05, 0.1) is 16.5 Å². The predicted molar refractivity (Wildman–Crippen MR) is 75.6 cm³/mol. The van der Waals surface area contributed by atoms with Crippen molar-refractivity contribution in [1.82, 2.24) is 4.98 Å². The number of carbonyl (C=O) groups excluding carboxylic acids is 1. The van der Waals surface area contributed by atoms with Crippen LogP contribution in [0.5, 0.6) is 0 Å². The first-order chi connectivity index (χ1) is 9.56. The van der Waals surface area contributed by atoms with E-state index in [0.29, 0.717) is 23.1 Å².